The highest BCUT2D eigenvalue weighted by Gasteiger charge is 2.18. The Kier molecular flexibility index (Phi) is 13.9. The molecule has 0 bridgehead atoms. The van der Waals surface area contributed by atoms with E-state index in [4.69, 9.17) is 4.55 Å². The first kappa shape index (κ1) is 23.8. The Morgan fingerprint density at radius 3 is 1.46 bits per heavy atom. The Morgan fingerprint density at radius 2 is 1.08 bits per heavy atom. The Bertz CT molecular complexity index is 490. The van der Waals surface area contributed by atoms with Gasteiger partial charge in [0.25, 0.3) is 0 Å². The molecule has 0 atom stereocenters. The van der Waals surface area contributed by atoms with Crippen molar-refractivity contribution in [1.82, 2.24) is 4.13 Å². The van der Waals surface area contributed by atoms with Crippen LogP contribution < -0.4 is 4.13 Å². The van der Waals surface area contributed by atoms with Gasteiger partial charge in [0.1, 0.15) is 0 Å². The molecular weight excluding hydrogens is 354 g/mol. The van der Waals surface area contributed by atoms with Gasteiger partial charge in [0.2, 0.25) is 0 Å². The largest absolute Gasteiger partial charge is 0.350 e. The quantitative estimate of drug-likeness (QED) is 0.291. The molecule has 0 rings (SSSR count). The fourth-order valence-electron chi connectivity index (χ4n) is 2.44. The van der Waals surface area contributed by atoms with Gasteiger partial charge in [0.15, 0.2) is 0 Å². The van der Waals surface area contributed by atoms with Gasteiger partial charge in [-0.05, 0) is 6.42 Å². The van der Waals surface area contributed by atoms with Crippen molar-refractivity contribution in [2.24, 2.45) is 0 Å². The Morgan fingerprint density at radius 1 is 0.708 bits per heavy atom. The lowest BCUT2D eigenvalue weighted by atomic mass is 10.0. The molecule has 0 saturated heterocycles. The number of hydrogen-bond acceptors (Lipinski definition) is 5. The summed E-state index contributed by atoms with van der Waals surface area (Å²) in [5.41, 5.74) is 0. The standard InChI is InChI=1S/C15H33NO6S2/c1-2-3-4-5-6-7-8-9-10-11-12-13-14-15-22-24(20,21)16-23(17,18)19/h16H,2-15H2,1H3,(H,17,18,19). The summed E-state index contributed by atoms with van der Waals surface area (Å²) in [5, 5.41) is 0. The maximum atomic E-state index is 11.1. The highest BCUT2D eigenvalue weighted by molar-refractivity contribution is 7.99. The Balaban J connectivity index is 3.34. The molecule has 0 aromatic heterocycles. The van der Waals surface area contributed by atoms with Gasteiger partial charge in [-0.25, -0.2) is 0 Å². The van der Waals surface area contributed by atoms with Crippen molar-refractivity contribution in [3.05, 3.63) is 0 Å². The van der Waals surface area contributed by atoms with E-state index < -0.39 is 20.6 Å². The predicted molar refractivity (Wildman–Crippen MR) is 95.3 cm³/mol. The minimum Gasteiger partial charge on any atom is -0.273 e. The molecule has 0 spiro atoms. The zero-order valence-corrected chi connectivity index (χ0v) is 16.3. The summed E-state index contributed by atoms with van der Waals surface area (Å²) < 4.78 is 56.8. The molecule has 7 nitrogen and oxygen atoms in total. The van der Waals surface area contributed by atoms with Crippen LogP contribution in [0.5, 0.6) is 0 Å². The fourth-order valence-corrected chi connectivity index (χ4v) is 4.00. The molecule has 146 valence electrons. The van der Waals surface area contributed by atoms with E-state index >= 15 is 0 Å². The molecule has 0 aliphatic rings. The Hall–Kier alpha value is -0.220. The van der Waals surface area contributed by atoms with E-state index in [0.717, 1.165) is 23.4 Å². The maximum Gasteiger partial charge on any atom is 0.350 e. The van der Waals surface area contributed by atoms with E-state index in [2.05, 4.69) is 11.1 Å². The van der Waals surface area contributed by atoms with Crippen molar-refractivity contribution in [2.45, 2.75) is 90.4 Å². The van der Waals surface area contributed by atoms with Gasteiger partial charge in [0, 0.05) is 0 Å². The van der Waals surface area contributed by atoms with Gasteiger partial charge < -0.3 is 0 Å². The van der Waals surface area contributed by atoms with E-state index in [9.17, 15) is 16.8 Å². The molecule has 9 heteroatoms. The summed E-state index contributed by atoms with van der Waals surface area (Å²) in [6, 6.07) is 0. The average molecular weight is 388 g/mol. The van der Waals surface area contributed by atoms with Crippen LogP contribution in [0, 0.1) is 0 Å². The van der Waals surface area contributed by atoms with Gasteiger partial charge >= 0.3 is 20.6 Å². The molecule has 0 radical (unpaired) electrons. The second-order valence-electron chi connectivity index (χ2n) is 6.08. The van der Waals surface area contributed by atoms with Crippen LogP contribution in [0.2, 0.25) is 0 Å². The van der Waals surface area contributed by atoms with Gasteiger partial charge in [-0.2, -0.15) is 16.8 Å². The minimum absolute atomic E-state index is 0.0946. The van der Waals surface area contributed by atoms with E-state index in [0.29, 0.717) is 6.42 Å². The van der Waals surface area contributed by atoms with Crippen molar-refractivity contribution in [1.29, 1.82) is 0 Å². The molecule has 0 aromatic rings. The van der Waals surface area contributed by atoms with Gasteiger partial charge in [-0.3, -0.25) is 8.74 Å². The summed E-state index contributed by atoms with van der Waals surface area (Å²) in [7, 11) is -9.26. The lowest BCUT2D eigenvalue weighted by molar-refractivity contribution is 0.303. The number of hydrogen-bond donors (Lipinski definition) is 2. The molecule has 0 aliphatic heterocycles. The maximum absolute atomic E-state index is 11.1. The van der Waals surface area contributed by atoms with Gasteiger partial charge in [-0.15, -0.1) is 0 Å². The molecule has 0 amide bonds. The van der Waals surface area contributed by atoms with Crippen LogP contribution in [0.15, 0.2) is 0 Å². The van der Waals surface area contributed by atoms with Crippen molar-refractivity contribution in [3.8, 4) is 0 Å². The first-order valence-corrected chi connectivity index (χ1v) is 11.8. The third kappa shape index (κ3) is 18.1. The monoisotopic (exact) mass is 387 g/mol. The van der Waals surface area contributed by atoms with Crippen LogP contribution in [0.4, 0.5) is 0 Å². The fraction of sp³-hybridized carbons (Fsp3) is 1.00. The normalized spacial score (nSPS) is 12.6. The molecule has 0 fully saturated rings. The van der Waals surface area contributed by atoms with Crippen molar-refractivity contribution in [2.75, 3.05) is 6.61 Å². The SMILES string of the molecule is CCCCCCCCCCCCCCCOS(=O)(=O)NS(=O)(=O)O. The average Bonchev–Trinajstić information content (AvgIpc) is 2.45. The van der Waals surface area contributed by atoms with E-state index in [1.54, 1.807) is 0 Å². The van der Waals surface area contributed by atoms with Crippen LogP contribution in [-0.4, -0.2) is 28.0 Å². The smallest absolute Gasteiger partial charge is 0.273 e. The zero-order chi connectivity index (χ0) is 18.3. The van der Waals surface area contributed by atoms with Crippen LogP contribution in [0.3, 0.4) is 0 Å². The summed E-state index contributed by atoms with van der Waals surface area (Å²) in [5.74, 6) is 0. The van der Waals surface area contributed by atoms with E-state index in [1.807, 2.05) is 0 Å². The first-order chi connectivity index (χ1) is 11.3. The lowest BCUT2D eigenvalue weighted by Gasteiger charge is -2.05. The van der Waals surface area contributed by atoms with E-state index in [-0.39, 0.29) is 6.61 Å². The molecule has 0 unspecified atom stereocenters. The molecule has 24 heavy (non-hydrogen) atoms. The summed E-state index contributed by atoms with van der Waals surface area (Å²) in [4.78, 5) is 0. The van der Waals surface area contributed by atoms with Crippen LogP contribution in [-0.2, 0) is 24.8 Å². The first-order valence-electron chi connectivity index (χ1n) is 8.92. The highest BCUT2D eigenvalue weighted by Crippen LogP contribution is 2.12. The highest BCUT2D eigenvalue weighted by atomic mass is 32.3. The molecule has 2 N–H and O–H groups in total. The number of unbranched alkanes of at least 4 members (excludes halogenated alkanes) is 12. The molecule has 0 aliphatic carbocycles. The third-order valence-electron chi connectivity index (χ3n) is 3.69. The van der Waals surface area contributed by atoms with Crippen LogP contribution in [0.25, 0.3) is 0 Å². The molecule has 0 heterocycles. The molecular formula is C15H33NO6S2. The summed E-state index contributed by atoms with van der Waals surface area (Å²) in [6.07, 6.45) is 15.2. The number of rotatable bonds is 17. The summed E-state index contributed by atoms with van der Waals surface area (Å²) in [6.45, 7) is 2.13. The molecule has 0 saturated carbocycles. The van der Waals surface area contributed by atoms with E-state index in [1.165, 1.54) is 57.8 Å². The van der Waals surface area contributed by atoms with Gasteiger partial charge in [-0.1, -0.05) is 88.1 Å². The second kappa shape index (κ2) is 14.0. The number of nitrogens with one attached hydrogen (secondary N) is 1. The van der Waals surface area contributed by atoms with Crippen molar-refractivity contribution in [3.63, 3.8) is 0 Å². The predicted octanol–water partition coefficient (Wildman–Crippen LogP) is 3.73. The lowest BCUT2D eigenvalue weighted by Crippen LogP contribution is -2.31. The van der Waals surface area contributed by atoms with Gasteiger partial charge in [0.05, 0.1) is 6.61 Å². The minimum atomic E-state index is -4.81. The van der Waals surface area contributed by atoms with Crippen molar-refractivity contribution < 1.29 is 25.6 Å². The summed E-state index contributed by atoms with van der Waals surface area (Å²) >= 11 is 0. The molecule has 0 aromatic carbocycles. The Labute approximate surface area is 147 Å². The topological polar surface area (TPSA) is 110 Å². The second-order valence-corrected chi connectivity index (χ2v) is 8.84. The van der Waals surface area contributed by atoms with Crippen molar-refractivity contribution >= 4 is 20.6 Å². The third-order valence-corrected chi connectivity index (χ3v) is 5.83. The van der Waals surface area contributed by atoms with Crippen LogP contribution in [0.1, 0.15) is 90.4 Å². The van der Waals surface area contributed by atoms with Crippen LogP contribution >= 0.6 is 0 Å². The zero-order valence-electron chi connectivity index (χ0n) is 14.7.